The Morgan fingerprint density at radius 3 is 3.23 bits per heavy atom. The monoisotopic (exact) mass is 379 g/mol. The number of pyridine rings is 1. The van der Waals surface area contributed by atoms with Gasteiger partial charge in [-0.25, -0.2) is 0 Å². The fourth-order valence-electron chi connectivity index (χ4n) is 2.65. The molecule has 1 atom stereocenters. The van der Waals surface area contributed by atoms with Crippen LogP contribution in [0.2, 0.25) is 0 Å². The molecule has 3 rings (SSSR count). The maximum Gasteiger partial charge on any atom is 0.252 e. The summed E-state index contributed by atoms with van der Waals surface area (Å²) in [7, 11) is 0. The van der Waals surface area contributed by atoms with Crippen LogP contribution >= 0.6 is 27.3 Å². The van der Waals surface area contributed by atoms with Crippen LogP contribution in [0.5, 0.6) is 0 Å². The third kappa shape index (κ3) is 3.56. The summed E-state index contributed by atoms with van der Waals surface area (Å²) in [6.45, 7) is 4.85. The molecule has 0 spiro atoms. The van der Waals surface area contributed by atoms with Gasteiger partial charge in [0, 0.05) is 47.4 Å². The second-order valence-electron chi connectivity index (χ2n) is 5.54. The number of nitrogens with one attached hydrogen (secondary N) is 1. The van der Waals surface area contributed by atoms with Gasteiger partial charge in [0.1, 0.15) is 0 Å². The molecule has 1 aliphatic heterocycles. The van der Waals surface area contributed by atoms with Crippen LogP contribution in [0.4, 0.5) is 0 Å². The number of halogens is 1. The lowest BCUT2D eigenvalue weighted by Crippen LogP contribution is -2.44. The number of fused-ring (bicyclic) bond motifs is 1. The lowest BCUT2D eigenvalue weighted by molar-refractivity contribution is 0.0932. The smallest absolute Gasteiger partial charge is 0.252 e. The average molecular weight is 380 g/mol. The van der Waals surface area contributed by atoms with E-state index in [9.17, 15) is 4.79 Å². The van der Waals surface area contributed by atoms with Gasteiger partial charge in [0.25, 0.3) is 5.91 Å². The molecule has 6 heteroatoms. The van der Waals surface area contributed by atoms with Gasteiger partial charge < -0.3 is 5.32 Å². The van der Waals surface area contributed by atoms with Crippen molar-refractivity contribution in [3.05, 3.63) is 50.4 Å². The van der Waals surface area contributed by atoms with E-state index in [0.717, 1.165) is 24.0 Å². The maximum absolute atomic E-state index is 12.2. The molecule has 2 aromatic rings. The highest BCUT2D eigenvalue weighted by Gasteiger charge is 2.21. The Hall–Kier alpha value is -1.24. The van der Waals surface area contributed by atoms with Crippen molar-refractivity contribution < 1.29 is 4.79 Å². The first-order chi connectivity index (χ1) is 10.6. The Bertz CT molecular complexity index is 673. The van der Waals surface area contributed by atoms with Crippen molar-refractivity contribution in [1.82, 2.24) is 15.2 Å². The predicted molar refractivity (Wildman–Crippen MR) is 92.2 cm³/mol. The Kier molecular flexibility index (Phi) is 4.90. The lowest BCUT2D eigenvalue weighted by Gasteiger charge is -2.32. The van der Waals surface area contributed by atoms with Crippen LogP contribution in [-0.2, 0) is 13.0 Å². The van der Waals surface area contributed by atoms with Gasteiger partial charge in [-0.3, -0.25) is 14.7 Å². The first-order valence-corrected chi connectivity index (χ1v) is 8.99. The Morgan fingerprint density at radius 1 is 1.55 bits per heavy atom. The lowest BCUT2D eigenvalue weighted by atomic mass is 10.1. The van der Waals surface area contributed by atoms with Crippen molar-refractivity contribution >= 4 is 33.2 Å². The molecule has 1 aliphatic rings. The van der Waals surface area contributed by atoms with E-state index in [2.05, 4.69) is 49.5 Å². The van der Waals surface area contributed by atoms with E-state index in [1.807, 2.05) is 11.3 Å². The van der Waals surface area contributed by atoms with E-state index < -0.39 is 0 Å². The maximum atomic E-state index is 12.2. The summed E-state index contributed by atoms with van der Waals surface area (Å²) >= 11 is 5.18. The molecule has 2 aromatic heterocycles. The van der Waals surface area contributed by atoms with Crippen molar-refractivity contribution in [3.8, 4) is 0 Å². The number of aromatic nitrogens is 1. The molecule has 4 nitrogen and oxygen atoms in total. The summed E-state index contributed by atoms with van der Waals surface area (Å²) in [4.78, 5) is 20.1. The third-order valence-electron chi connectivity index (χ3n) is 3.99. The minimum absolute atomic E-state index is 0.0751. The van der Waals surface area contributed by atoms with Crippen LogP contribution in [0, 0.1) is 0 Å². The zero-order valence-electron chi connectivity index (χ0n) is 12.4. The van der Waals surface area contributed by atoms with Crippen LogP contribution in [-0.4, -0.2) is 34.9 Å². The highest BCUT2D eigenvalue weighted by atomic mass is 79.9. The van der Waals surface area contributed by atoms with Gasteiger partial charge in [-0.2, -0.15) is 0 Å². The van der Waals surface area contributed by atoms with E-state index in [-0.39, 0.29) is 5.91 Å². The minimum atomic E-state index is -0.0751. The average Bonchev–Trinajstić information content (AvgIpc) is 2.99. The van der Waals surface area contributed by atoms with Crippen LogP contribution in [0.15, 0.2) is 34.4 Å². The van der Waals surface area contributed by atoms with Crippen molar-refractivity contribution in [3.63, 3.8) is 0 Å². The molecule has 0 saturated carbocycles. The molecule has 0 aliphatic carbocycles. The van der Waals surface area contributed by atoms with Gasteiger partial charge in [0.2, 0.25) is 0 Å². The van der Waals surface area contributed by atoms with Crippen molar-refractivity contribution in [2.75, 3.05) is 13.1 Å². The zero-order valence-corrected chi connectivity index (χ0v) is 14.8. The van der Waals surface area contributed by atoms with Crippen LogP contribution in [0.3, 0.4) is 0 Å². The largest absolute Gasteiger partial charge is 0.350 e. The van der Waals surface area contributed by atoms with E-state index in [1.165, 1.54) is 10.4 Å². The number of thiophene rings is 1. The summed E-state index contributed by atoms with van der Waals surface area (Å²) in [6.07, 6.45) is 4.37. The molecule has 1 amide bonds. The SMILES string of the molecule is CC(CNC(=O)c1cncc(Br)c1)N1CCc2sccc2C1. The summed E-state index contributed by atoms with van der Waals surface area (Å²) < 4.78 is 0.814. The molecule has 1 N–H and O–H groups in total. The molecule has 1 unspecified atom stereocenters. The molecular weight excluding hydrogens is 362 g/mol. The summed E-state index contributed by atoms with van der Waals surface area (Å²) in [5, 5.41) is 5.17. The molecule has 0 radical (unpaired) electrons. The van der Waals surface area contributed by atoms with Gasteiger partial charge in [0.05, 0.1) is 5.56 Å². The number of hydrogen-bond acceptors (Lipinski definition) is 4. The van der Waals surface area contributed by atoms with Gasteiger partial charge in [-0.15, -0.1) is 11.3 Å². The molecule has 0 aromatic carbocycles. The quantitative estimate of drug-likeness (QED) is 0.887. The topological polar surface area (TPSA) is 45.2 Å². The first kappa shape index (κ1) is 15.6. The fourth-order valence-corrected chi connectivity index (χ4v) is 3.91. The van der Waals surface area contributed by atoms with Crippen LogP contribution in [0.25, 0.3) is 0 Å². The Labute approximate surface area is 142 Å². The zero-order chi connectivity index (χ0) is 15.5. The van der Waals surface area contributed by atoms with Gasteiger partial charge in [0.15, 0.2) is 0 Å². The van der Waals surface area contributed by atoms with Crippen LogP contribution < -0.4 is 5.32 Å². The van der Waals surface area contributed by atoms with E-state index >= 15 is 0 Å². The number of amides is 1. The fraction of sp³-hybridized carbons (Fsp3) is 0.375. The van der Waals surface area contributed by atoms with Crippen molar-refractivity contribution in [1.29, 1.82) is 0 Å². The number of rotatable bonds is 4. The molecular formula is C16H18BrN3OS. The van der Waals surface area contributed by atoms with Gasteiger partial charge in [-0.1, -0.05) is 0 Å². The summed E-state index contributed by atoms with van der Waals surface area (Å²) in [5.41, 5.74) is 2.02. The predicted octanol–water partition coefficient (Wildman–Crippen LogP) is 3.08. The number of carbonyl (C=O) groups excluding carboxylic acids is 1. The Balaban J connectivity index is 1.54. The van der Waals surface area contributed by atoms with Crippen molar-refractivity contribution in [2.45, 2.75) is 25.9 Å². The van der Waals surface area contributed by atoms with E-state index in [4.69, 9.17) is 0 Å². The molecule has 116 valence electrons. The number of carbonyl (C=O) groups is 1. The molecule has 0 fully saturated rings. The first-order valence-electron chi connectivity index (χ1n) is 7.31. The molecule has 3 heterocycles. The van der Waals surface area contributed by atoms with Gasteiger partial charge in [-0.05, 0) is 52.4 Å². The normalized spacial score (nSPS) is 16.1. The second-order valence-corrected chi connectivity index (χ2v) is 7.46. The summed E-state index contributed by atoms with van der Waals surface area (Å²) in [5.74, 6) is -0.0751. The third-order valence-corrected chi connectivity index (χ3v) is 5.44. The summed E-state index contributed by atoms with van der Waals surface area (Å²) in [6, 6.07) is 4.31. The van der Waals surface area contributed by atoms with Gasteiger partial charge >= 0.3 is 0 Å². The standard InChI is InChI=1S/C16H18BrN3OS/c1-11(20-4-2-15-12(10-20)3-5-22-15)7-19-16(21)13-6-14(17)9-18-8-13/h3,5-6,8-9,11H,2,4,7,10H2,1H3,(H,19,21). The van der Waals surface area contributed by atoms with E-state index in [1.54, 1.807) is 18.5 Å². The van der Waals surface area contributed by atoms with E-state index in [0.29, 0.717) is 18.2 Å². The molecule has 0 saturated heterocycles. The Morgan fingerprint density at radius 2 is 2.41 bits per heavy atom. The minimum Gasteiger partial charge on any atom is -0.350 e. The van der Waals surface area contributed by atoms with Crippen LogP contribution in [0.1, 0.15) is 27.7 Å². The van der Waals surface area contributed by atoms with Crippen molar-refractivity contribution in [2.24, 2.45) is 0 Å². The highest BCUT2D eigenvalue weighted by molar-refractivity contribution is 9.10. The number of nitrogens with zero attached hydrogens (tertiary/aromatic N) is 2. The molecule has 0 bridgehead atoms. The highest BCUT2D eigenvalue weighted by Crippen LogP contribution is 2.24. The number of hydrogen-bond donors (Lipinski definition) is 1. The second kappa shape index (κ2) is 6.89. The molecule has 22 heavy (non-hydrogen) atoms.